The Labute approximate surface area is 202 Å². The van der Waals surface area contributed by atoms with Gasteiger partial charge in [-0.2, -0.15) is 0 Å². The SMILES string of the molecule is CC.COc1nc(C2=CCS(=O)(=O)CC2)cc2c(NCc3cccc(C(F)F)c3F)nc(C)nc12. The first-order valence-electron chi connectivity index (χ1n) is 11.1. The third-order valence-electron chi connectivity index (χ3n) is 5.34. The summed E-state index contributed by atoms with van der Waals surface area (Å²) in [6, 6.07) is 5.56. The van der Waals surface area contributed by atoms with Crippen LogP contribution in [-0.4, -0.2) is 42.0 Å². The van der Waals surface area contributed by atoms with Crippen molar-refractivity contribution in [1.29, 1.82) is 0 Å². The number of aryl methyl sites for hydroxylation is 1. The number of halogens is 3. The van der Waals surface area contributed by atoms with Gasteiger partial charge in [0.1, 0.15) is 23.0 Å². The highest BCUT2D eigenvalue weighted by molar-refractivity contribution is 7.91. The molecule has 11 heteroatoms. The smallest absolute Gasteiger partial charge is 0.266 e. The summed E-state index contributed by atoms with van der Waals surface area (Å²) < 4.78 is 69.5. The molecule has 35 heavy (non-hydrogen) atoms. The van der Waals surface area contributed by atoms with Crippen LogP contribution in [0.3, 0.4) is 0 Å². The lowest BCUT2D eigenvalue weighted by Crippen LogP contribution is -2.15. The first-order chi connectivity index (χ1) is 16.7. The molecule has 4 rings (SSSR count). The number of nitrogens with one attached hydrogen (secondary N) is 1. The molecule has 0 bridgehead atoms. The molecule has 1 aliphatic rings. The number of sulfone groups is 1. The zero-order valence-electron chi connectivity index (χ0n) is 19.9. The van der Waals surface area contributed by atoms with E-state index >= 15 is 0 Å². The van der Waals surface area contributed by atoms with Crippen LogP contribution in [0.15, 0.2) is 30.3 Å². The fraction of sp³-hybridized carbons (Fsp3) is 0.375. The summed E-state index contributed by atoms with van der Waals surface area (Å²) in [4.78, 5) is 13.3. The second-order valence-electron chi connectivity index (χ2n) is 7.60. The van der Waals surface area contributed by atoms with Crippen molar-refractivity contribution in [3.8, 4) is 5.88 Å². The first-order valence-corrected chi connectivity index (χ1v) is 12.9. The van der Waals surface area contributed by atoms with Gasteiger partial charge in [-0.15, -0.1) is 0 Å². The zero-order chi connectivity index (χ0) is 25.8. The van der Waals surface area contributed by atoms with Crippen LogP contribution in [0.2, 0.25) is 0 Å². The van der Waals surface area contributed by atoms with Crippen molar-refractivity contribution in [2.75, 3.05) is 23.9 Å². The van der Waals surface area contributed by atoms with E-state index in [4.69, 9.17) is 4.74 Å². The van der Waals surface area contributed by atoms with Crippen molar-refractivity contribution in [2.45, 2.75) is 40.2 Å². The number of alkyl halides is 2. The Morgan fingerprint density at radius 3 is 2.54 bits per heavy atom. The highest BCUT2D eigenvalue weighted by Crippen LogP contribution is 2.32. The minimum atomic E-state index is -3.11. The summed E-state index contributed by atoms with van der Waals surface area (Å²) >= 11 is 0. The lowest BCUT2D eigenvalue weighted by Gasteiger charge is -2.16. The van der Waals surface area contributed by atoms with E-state index in [9.17, 15) is 21.6 Å². The molecule has 1 N–H and O–H groups in total. The van der Waals surface area contributed by atoms with Gasteiger partial charge in [-0.25, -0.2) is 36.5 Å². The molecule has 0 unspecified atom stereocenters. The number of allylic oxidation sites excluding steroid dienone is 1. The Morgan fingerprint density at radius 2 is 1.91 bits per heavy atom. The van der Waals surface area contributed by atoms with E-state index < -0.39 is 27.6 Å². The molecule has 0 saturated heterocycles. The van der Waals surface area contributed by atoms with Crippen LogP contribution < -0.4 is 10.1 Å². The molecule has 1 aromatic carbocycles. The predicted molar refractivity (Wildman–Crippen MR) is 130 cm³/mol. The number of nitrogens with zero attached hydrogens (tertiary/aromatic N) is 3. The van der Waals surface area contributed by atoms with E-state index in [0.717, 1.165) is 11.6 Å². The van der Waals surface area contributed by atoms with Gasteiger partial charge in [0.25, 0.3) is 6.43 Å². The number of fused-ring (bicyclic) bond motifs is 1. The Kier molecular flexibility index (Phi) is 8.31. The van der Waals surface area contributed by atoms with Gasteiger partial charge in [0.05, 0.1) is 35.3 Å². The fourth-order valence-corrected chi connectivity index (χ4v) is 4.80. The van der Waals surface area contributed by atoms with Gasteiger partial charge in [-0.1, -0.05) is 38.1 Å². The van der Waals surface area contributed by atoms with Crippen molar-refractivity contribution >= 4 is 32.1 Å². The van der Waals surface area contributed by atoms with Crippen molar-refractivity contribution in [3.63, 3.8) is 0 Å². The maximum absolute atomic E-state index is 14.5. The second-order valence-corrected chi connectivity index (χ2v) is 9.83. The third-order valence-corrected chi connectivity index (χ3v) is 6.84. The highest BCUT2D eigenvalue weighted by atomic mass is 32.2. The first kappa shape index (κ1) is 26.4. The Balaban J connectivity index is 0.00000167. The molecule has 0 atom stereocenters. The topological polar surface area (TPSA) is 94.1 Å². The summed E-state index contributed by atoms with van der Waals surface area (Å²) in [5.41, 5.74) is 1.11. The molecule has 0 spiro atoms. The molecular formula is C24H27F3N4O3S. The van der Waals surface area contributed by atoms with Gasteiger partial charge >= 0.3 is 0 Å². The number of pyridine rings is 1. The van der Waals surface area contributed by atoms with E-state index in [-0.39, 0.29) is 29.5 Å². The van der Waals surface area contributed by atoms with Crippen LogP contribution in [0.4, 0.5) is 19.0 Å². The number of ether oxygens (including phenoxy) is 1. The molecule has 0 aliphatic carbocycles. The number of benzene rings is 1. The average molecular weight is 509 g/mol. The molecule has 3 heterocycles. The van der Waals surface area contributed by atoms with E-state index in [2.05, 4.69) is 20.3 Å². The van der Waals surface area contributed by atoms with Gasteiger partial charge in [0.15, 0.2) is 9.84 Å². The van der Waals surface area contributed by atoms with Gasteiger partial charge in [0.2, 0.25) is 5.88 Å². The molecule has 1 aliphatic heterocycles. The van der Waals surface area contributed by atoms with Crippen molar-refractivity contribution < 1.29 is 26.3 Å². The molecular weight excluding hydrogens is 481 g/mol. The van der Waals surface area contributed by atoms with Crippen LogP contribution in [0.25, 0.3) is 16.5 Å². The van der Waals surface area contributed by atoms with Crippen LogP contribution in [-0.2, 0) is 16.4 Å². The number of aromatic nitrogens is 3. The Bertz CT molecular complexity index is 1360. The van der Waals surface area contributed by atoms with E-state index in [1.165, 1.54) is 19.2 Å². The Hall–Kier alpha value is -3.21. The van der Waals surface area contributed by atoms with Crippen molar-refractivity contribution in [1.82, 2.24) is 15.0 Å². The summed E-state index contributed by atoms with van der Waals surface area (Å²) in [7, 11) is -1.66. The van der Waals surface area contributed by atoms with E-state index in [1.807, 2.05) is 13.8 Å². The van der Waals surface area contributed by atoms with Gasteiger partial charge in [-0.3, -0.25) is 0 Å². The molecule has 0 radical (unpaired) electrons. The van der Waals surface area contributed by atoms with Gasteiger partial charge in [-0.05, 0) is 25.0 Å². The summed E-state index contributed by atoms with van der Waals surface area (Å²) in [6.07, 6.45) is -0.984. The zero-order valence-corrected chi connectivity index (χ0v) is 20.7. The predicted octanol–water partition coefficient (Wildman–Crippen LogP) is 5.26. The van der Waals surface area contributed by atoms with Crippen LogP contribution in [0, 0.1) is 12.7 Å². The van der Waals surface area contributed by atoms with Crippen LogP contribution in [0.1, 0.15) is 49.3 Å². The average Bonchev–Trinajstić information content (AvgIpc) is 2.83. The molecule has 3 aromatic rings. The number of hydrogen-bond donors (Lipinski definition) is 1. The Morgan fingerprint density at radius 1 is 1.17 bits per heavy atom. The second kappa shape index (κ2) is 11.0. The molecule has 0 fully saturated rings. The van der Waals surface area contributed by atoms with Crippen LogP contribution >= 0.6 is 0 Å². The lowest BCUT2D eigenvalue weighted by atomic mass is 10.1. The fourth-order valence-electron chi connectivity index (χ4n) is 3.65. The molecule has 2 aromatic heterocycles. The molecule has 0 saturated carbocycles. The largest absolute Gasteiger partial charge is 0.479 e. The summed E-state index contributed by atoms with van der Waals surface area (Å²) in [5.74, 6) is -0.0248. The summed E-state index contributed by atoms with van der Waals surface area (Å²) in [6.45, 7) is 5.59. The van der Waals surface area contributed by atoms with Crippen LogP contribution in [0.5, 0.6) is 5.88 Å². The highest BCUT2D eigenvalue weighted by Gasteiger charge is 2.22. The number of hydrogen-bond acceptors (Lipinski definition) is 7. The van der Waals surface area contributed by atoms with E-state index in [1.54, 1.807) is 19.1 Å². The van der Waals surface area contributed by atoms with Gasteiger partial charge < -0.3 is 10.1 Å². The van der Waals surface area contributed by atoms with E-state index in [0.29, 0.717) is 34.7 Å². The summed E-state index contributed by atoms with van der Waals surface area (Å²) in [5, 5.41) is 3.54. The minimum Gasteiger partial charge on any atom is -0.479 e. The van der Waals surface area contributed by atoms with Crippen molar-refractivity contribution in [3.05, 3.63) is 58.8 Å². The normalized spacial score (nSPS) is 14.8. The van der Waals surface area contributed by atoms with Gasteiger partial charge in [0, 0.05) is 12.1 Å². The number of anilines is 1. The molecule has 0 amide bonds. The monoisotopic (exact) mass is 508 g/mol. The minimum absolute atomic E-state index is 0.0239. The maximum Gasteiger partial charge on any atom is 0.266 e. The molecule has 7 nitrogen and oxygen atoms in total. The third kappa shape index (κ3) is 5.90. The van der Waals surface area contributed by atoms with Crippen molar-refractivity contribution in [2.24, 2.45) is 0 Å². The number of rotatable bonds is 6. The number of methoxy groups -OCH3 is 1. The lowest BCUT2D eigenvalue weighted by molar-refractivity contribution is 0.146. The maximum atomic E-state index is 14.5. The molecule has 188 valence electrons. The quantitative estimate of drug-likeness (QED) is 0.485. The standard InChI is InChI=1S/C22H21F3N4O3S.C2H6/c1-12-27-19-16(10-17(29-22(19)32-2)13-6-8-33(30,31)9-7-13)21(28-12)26-11-14-4-3-5-15(18(14)23)20(24)25;1-2/h3-6,10,20H,7-9,11H2,1-2H3,(H,26,27,28);1-2H3.